The van der Waals surface area contributed by atoms with Gasteiger partial charge in [-0.25, -0.2) is 17.5 Å². The number of alkyl halides is 2. The van der Waals surface area contributed by atoms with Gasteiger partial charge in [0.05, 0.1) is 22.2 Å². The van der Waals surface area contributed by atoms with Crippen LogP contribution in [0.25, 0.3) is 5.52 Å². The molecule has 1 amide bonds. The van der Waals surface area contributed by atoms with E-state index in [0.717, 1.165) is 6.41 Å². The minimum Gasteiger partial charge on any atom is -0.353 e. The van der Waals surface area contributed by atoms with E-state index < -0.39 is 22.5 Å². The zero-order valence-corrected chi connectivity index (χ0v) is 16.0. The van der Waals surface area contributed by atoms with Crippen LogP contribution in [0.15, 0.2) is 23.2 Å². The van der Waals surface area contributed by atoms with E-state index in [0.29, 0.717) is 49.3 Å². The highest BCUT2D eigenvalue weighted by atomic mass is 32.2. The molecule has 0 radical (unpaired) electrons. The van der Waals surface area contributed by atoms with Crippen LogP contribution in [0.4, 0.5) is 14.6 Å². The number of thioether (sulfide) groups is 1. The third-order valence-electron chi connectivity index (χ3n) is 4.22. The first-order valence-electron chi connectivity index (χ1n) is 8.02. The molecule has 9 nitrogen and oxygen atoms in total. The standard InChI is InChI=1S/C15H16F2N6O3S2/c16-13(17)15(19)27-14(18)10-7-20-23-11(10)5-9(28(25)26)6-12(23)22-3-1-21(8-24)2-4-22/h5-8,13,18-19H,1-4H2,(H,25,26). The SMILES string of the molecule is N=C(SC(=N)C(F)F)c1cnn2c(N3CCN(C=O)CC3)cc(S(=O)O)cc12. The van der Waals surface area contributed by atoms with Crippen molar-refractivity contribution in [3.63, 3.8) is 0 Å². The number of carbonyl (C=O) groups excluding carboxylic acids is 1. The molecule has 0 saturated carbocycles. The summed E-state index contributed by atoms with van der Waals surface area (Å²) in [7, 11) is 0. The first-order valence-corrected chi connectivity index (χ1v) is 9.94. The number of carbonyl (C=O) groups is 1. The number of anilines is 1. The van der Waals surface area contributed by atoms with Crippen molar-refractivity contribution >= 4 is 50.7 Å². The lowest BCUT2D eigenvalue weighted by atomic mass is 10.2. The summed E-state index contributed by atoms with van der Waals surface area (Å²) in [4.78, 5) is 14.5. The molecule has 3 N–H and O–H groups in total. The fourth-order valence-electron chi connectivity index (χ4n) is 2.81. The Balaban J connectivity index is 2.02. The first-order chi connectivity index (χ1) is 13.3. The van der Waals surface area contributed by atoms with Gasteiger partial charge in [-0.1, -0.05) is 0 Å². The number of hydrogen-bond donors (Lipinski definition) is 3. The van der Waals surface area contributed by atoms with Crippen molar-refractivity contribution in [2.75, 3.05) is 31.1 Å². The molecule has 1 atom stereocenters. The van der Waals surface area contributed by atoms with Crippen LogP contribution in [0.1, 0.15) is 5.56 Å². The molecule has 3 heterocycles. The van der Waals surface area contributed by atoms with Crippen molar-refractivity contribution < 1.29 is 22.3 Å². The molecule has 1 fully saturated rings. The molecule has 1 aliphatic heterocycles. The number of pyridine rings is 1. The molecular weight excluding hydrogens is 414 g/mol. The van der Waals surface area contributed by atoms with Gasteiger partial charge in [0.25, 0.3) is 6.43 Å². The van der Waals surface area contributed by atoms with Crippen LogP contribution in [0, 0.1) is 10.8 Å². The second-order valence-electron chi connectivity index (χ2n) is 5.88. The smallest absolute Gasteiger partial charge is 0.285 e. The third kappa shape index (κ3) is 4.05. The van der Waals surface area contributed by atoms with Crippen molar-refractivity contribution in [1.29, 1.82) is 10.8 Å². The Hall–Kier alpha value is -2.38. The van der Waals surface area contributed by atoms with E-state index >= 15 is 0 Å². The predicted octanol–water partition coefficient (Wildman–Crippen LogP) is 1.49. The lowest BCUT2D eigenvalue weighted by Crippen LogP contribution is -2.46. The van der Waals surface area contributed by atoms with Crippen molar-refractivity contribution in [3.05, 3.63) is 23.9 Å². The second-order valence-corrected chi connectivity index (χ2v) is 7.90. The lowest BCUT2D eigenvalue weighted by molar-refractivity contribution is -0.118. The summed E-state index contributed by atoms with van der Waals surface area (Å²) in [6.45, 7) is 1.91. The molecule has 1 unspecified atom stereocenters. The number of rotatable bonds is 5. The van der Waals surface area contributed by atoms with Crippen LogP contribution in [0.2, 0.25) is 0 Å². The van der Waals surface area contributed by atoms with Crippen LogP contribution < -0.4 is 4.90 Å². The highest BCUT2D eigenvalue weighted by Crippen LogP contribution is 2.27. The maximum Gasteiger partial charge on any atom is 0.285 e. The number of amides is 1. The summed E-state index contributed by atoms with van der Waals surface area (Å²) in [5, 5.41) is 18.2. The number of nitrogens with one attached hydrogen (secondary N) is 2. The molecule has 0 aliphatic carbocycles. The fourth-order valence-corrected chi connectivity index (χ4v) is 3.81. The number of hydrogen-bond acceptors (Lipinski definition) is 7. The quantitative estimate of drug-likeness (QED) is 0.286. The number of nitrogens with zero attached hydrogens (tertiary/aromatic N) is 4. The Labute approximate surface area is 165 Å². The number of fused-ring (bicyclic) bond motifs is 1. The van der Waals surface area contributed by atoms with Crippen LogP contribution in [-0.4, -0.2) is 72.4 Å². The van der Waals surface area contributed by atoms with Gasteiger partial charge in [0.1, 0.15) is 15.9 Å². The molecule has 2 aromatic heterocycles. The zero-order chi connectivity index (χ0) is 20.4. The highest BCUT2D eigenvalue weighted by Gasteiger charge is 2.23. The second kappa shape index (κ2) is 8.32. The summed E-state index contributed by atoms with van der Waals surface area (Å²) in [6.07, 6.45) is -0.926. The van der Waals surface area contributed by atoms with Crippen LogP contribution in [-0.2, 0) is 15.9 Å². The Bertz CT molecular complexity index is 959. The topological polar surface area (TPSA) is 126 Å². The molecule has 1 saturated heterocycles. The van der Waals surface area contributed by atoms with Crippen LogP contribution in [0.3, 0.4) is 0 Å². The van der Waals surface area contributed by atoms with E-state index in [1.165, 1.54) is 22.8 Å². The third-order valence-corrected chi connectivity index (χ3v) is 5.68. The predicted molar refractivity (Wildman–Crippen MR) is 102 cm³/mol. The van der Waals surface area contributed by atoms with Crippen LogP contribution in [0.5, 0.6) is 0 Å². The molecule has 0 aromatic carbocycles. The maximum absolute atomic E-state index is 12.6. The zero-order valence-electron chi connectivity index (χ0n) is 14.3. The number of aromatic nitrogens is 2. The lowest BCUT2D eigenvalue weighted by Gasteiger charge is -2.34. The molecule has 13 heteroatoms. The number of halogens is 2. The average molecular weight is 430 g/mol. The minimum absolute atomic E-state index is 0.0730. The molecule has 28 heavy (non-hydrogen) atoms. The Kier molecular flexibility index (Phi) is 6.05. The van der Waals surface area contributed by atoms with E-state index in [4.69, 9.17) is 10.8 Å². The molecular formula is C15H16F2N6O3S2. The first kappa shape index (κ1) is 20.4. The van der Waals surface area contributed by atoms with Crippen molar-refractivity contribution in [1.82, 2.24) is 14.5 Å². The Morgan fingerprint density at radius 2 is 1.96 bits per heavy atom. The average Bonchev–Trinajstić information content (AvgIpc) is 3.11. The molecule has 0 bridgehead atoms. The maximum atomic E-state index is 12.6. The van der Waals surface area contributed by atoms with E-state index in [1.54, 1.807) is 4.90 Å². The van der Waals surface area contributed by atoms with Gasteiger partial charge in [-0.15, -0.1) is 0 Å². The largest absolute Gasteiger partial charge is 0.353 e. The van der Waals surface area contributed by atoms with Gasteiger partial charge < -0.3 is 14.4 Å². The van der Waals surface area contributed by atoms with Crippen molar-refractivity contribution in [3.8, 4) is 0 Å². The van der Waals surface area contributed by atoms with Crippen molar-refractivity contribution in [2.45, 2.75) is 11.3 Å². The van der Waals surface area contributed by atoms with E-state index in [1.807, 2.05) is 4.90 Å². The minimum atomic E-state index is -2.99. The van der Waals surface area contributed by atoms with Gasteiger partial charge in [0, 0.05) is 26.2 Å². The van der Waals surface area contributed by atoms with Gasteiger partial charge in [-0.3, -0.25) is 15.6 Å². The summed E-state index contributed by atoms with van der Waals surface area (Å²) in [5.74, 6) is 0.494. The monoisotopic (exact) mass is 430 g/mol. The van der Waals surface area contributed by atoms with Crippen molar-refractivity contribution in [2.24, 2.45) is 0 Å². The van der Waals surface area contributed by atoms with Crippen LogP contribution >= 0.6 is 11.8 Å². The van der Waals surface area contributed by atoms with Gasteiger partial charge in [0.2, 0.25) is 6.41 Å². The molecule has 2 aromatic rings. The number of piperazine rings is 1. The Morgan fingerprint density at radius 1 is 1.29 bits per heavy atom. The summed E-state index contributed by atoms with van der Waals surface area (Å²) in [6, 6.07) is 2.86. The summed E-state index contributed by atoms with van der Waals surface area (Å²) >= 11 is -2.00. The fraction of sp³-hybridized carbons (Fsp3) is 0.333. The summed E-state index contributed by atoms with van der Waals surface area (Å²) < 4.78 is 47.9. The van der Waals surface area contributed by atoms with Gasteiger partial charge in [-0.2, -0.15) is 5.10 Å². The summed E-state index contributed by atoms with van der Waals surface area (Å²) in [5.41, 5.74) is 0.475. The van der Waals surface area contributed by atoms with E-state index in [9.17, 15) is 22.3 Å². The molecule has 150 valence electrons. The van der Waals surface area contributed by atoms with Gasteiger partial charge in [0.15, 0.2) is 11.1 Å². The highest BCUT2D eigenvalue weighted by molar-refractivity contribution is 8.26. The molecule has 1 aliphatic rings. The normalized spacial score (nSPS) is 15.9. The van der Waals surface area contributed by atoms with E-state index in [-0.39, 0.29) is 15.5 Å². The van der Waals surface area contributed by atoms with Gasteiger partial charge >= 0.3 is 0 Å². The Morgan fingerprint density at radius 3 is 2.54 bits per heavy atom. The van der Waals surface area contributed by atoms with E-state index in [2.05, 4.69) is 5.10 Å². The van der Waals surface area contributed by atoms with Gasteiger partial charge in [-0.05, 0) is 23.9 Å². The molecule has 0 spiro atoms. The molecule has 3 rings (SSSR count).